The van der Waals surface area contributed by atoms with E-state index >= 15 is 0 Å². The number of para-hydroxylation sites is 1. The first-order chi connectivity index (χ1) is 13.2. The maximum atomic E-state index is 12.9. The molecule has 0 saturated carbocycles. The molecule has 1 fully saturated rings. The van der Waals surface area contributed by atoms with Crippen molar-refractivity contribution in [2.45, 2.75) is 25.0 Å². The first kappa shape index (κ1) is 17.6. The van der Waals surface area contributed by atoms with E-state index in [9.17, 15) is 4.79 Å². The number of amides is 2. The fourth-order valence-corrected chi connectivity index (χ4v) is 3.62. The van der Waals surface area contributed by atoms with Gasteiger partial charge in [0.15, 0.2) is 0 Å². The lowest BCUT2D eigenvalue weighted by atomic mass is 10.0. The van der Waals surface area contributed by atoms with Crippen LogP contribution in [0.5, 0.6) is 0 Å². The maximum Gasteiger partial charge on any atom is 0.318 e. The number of carbonyl (C=O) groups excluding carboxylic acids is 1. The summed E-state index contributed by atoms with van der Waals surface area (Å²) in [7, 11) is 1.73. The summed E-state index contributed by atoms with van der Waals surface area (Å²) in [4.78, 5) is 14.8. The van der Waals surface area contributed by atoms with Gasteiger partial charge < -0.3 is 19.4 Å². The summed E-state index contributed by atoms with van der Waals surface area (Å²) in [6.45, 7) is 1.40. The molecule has 0 radical (unpaired) electrons. The van der Waals surface area contributed by atoms with Crippen molar-refractivity contribution >= 4 is 17.0 Å². The van der Waals surface area contributed by atoms with Gasteiger partial charge in [0.1, 0.15) is 17.4 Å². The van der Waals surface area contributed by atoms with Gasteiger partial charge in [-0.05, 0) is 30.5 Å². The van der Waals surface area contributed by atoms with Gasteiger partial charge in [-0.25, -0.2) is 4.79 Å². The Morgan fingerprint density at radius 3 is 2.52 bits per heavy atom. The fraction of sp³-hybridized carbons (Fsp3) is 0.318. The van der Waals surface area contributed by atoms with Crippen LogP contribution < -0.4 is 5.32 Å². The zero-order chi connectivity index (χ0) is 18.6. The minimum Gasteiger partial charge on any atom is -0.459 e. The molecular formula is C22H24N2O3. The predicted molar refractivity (Wildman–Crippen MR) is 105 cm³/mol. The number of urea groups is 1. The molecule has 2 heterocycles. The van der Waals surface area contributed by atoms with E-state index in [1.807, 2.05) is 65.6 Å². The highest BCUT2D eigenvalue weighted by atomic mass is 16.5. The molecule has 3 aromatic rings. The number of nitrogens with one attached hydrogen (secondary N) is 1. The third-order valence-electron chi connectivity index (χ3n) is 5.19. The molecule has 1 saturated heterocycles. The summed E-state index contributed by atoms with van der Waals surface area (Å²) in [5.74, 6) is 0.738. The molecule has 2 amide bonds. The Hall–Kier alpha value is -2.79. The van der Waals surface area contributed by atoms with Gasteiger partial charge in [0.05, 0.1) is 6.10 Å². The van der Waals surface area contributed by atoms with E-state index in [1.54, 1.807) is 7.11 Å². The number of hydrogen-bond donors (Lipinski definition) is 1. The lowest BCUT2D eigenvalue weighted by molar-refractivity contribution is 0.0500. The Morgan fingerprint density at radius 2 is 1.81 bits per heavy atom. The Bertz CT molecular complexity index is 865. The van der Waals surface area contributed by atoms with Gasteiger partial charge in [-0.3, -0.25) is 0 Å². The average molecular weight is 364 g/mol. The fourth-order valence-electron chi connectivity index (χ4n) is 3.62. The highest BCUT2D eigenvalue weighted by molar-refractivity contribution is 5.79. The number of benzene rings is 2. The number of rotatable bonds is 4. The van der Waals surface area contributed by atoms with Crippen LogP contribution in [0.25, 0.3) is 11.0 Å². The Kier molecular flexibility index (Phi) is 5.12. The minimum absolute atomic E-state index is 0.0705. The van der Waals surface area contributed by atoms with Crippen LogP contribution in [0.2, 0.25) is 0 Å². The monoisotopic (exact) mass is 364 g/mol. The minimum atomic E-state index is -0.328. The lowest BCUT2D eigenvalue weighted by Gasteiger charge is -2.32. The zero-order valence-corrected chi connectivity index (χ0v) is 15.4. The van der Waals surface area contributed by atoms with Gasteiger partial charge in [0, 0.05) is 25.6 Å². The topological polar surface area (TPSA) is 54.7 Å². The number of furan rings is 1. The van der Waals surface area contributed by atoms with E-state index in [-0.39, 0.29) is 18.2 Å². The summed E-state index contributed by atoms with van der Waals surface area (Å²) in [5, 5.41) is 4.20. The number of ether oxygens (including phenoxy) is 1. The predicted octanol–water partition coefficient (Wildman–Crippen LogP) is 4.34. The van der Waals surface area contributed by atoms with E-state index in [2.05, 4.69) is 5.32 Å². The Labute approximate surface area is 158 Å². The van der Waals surface area contributed by atoms with E-state index in [0.717, 1.165) is 35.1 Å². The standard InChI is InChI=1S/C22H24N2O3/c1-26-18-11-13-24(14-12-18)22(25)23-21(16-7-3-2-4-8-16)20-15-17-9-5-6-10-19(17)27-20/h2-10,15,18,21H,11-14H2,1H3,(H,23,25). The van der Waals surface area contributed by atoms with Gasteiger partial charge in [-0.1, -0.05) is 48.5 Å². The van der Waals surface area contributed by atoms with E-state index in [0.29, 0.717) is 13.1 Å². The molecule has 1 aliphatic rings. The maximum absolute atomic E-state index is 12.9. The molecule has 2 aromatic carbocycles. The molecule has 0 spiro atoms. The van der Waals surface area contributed by atoms with Crippen LogP contribution in [0, 0.1) is 0 Å². The van der Waals surface area contributed by atoms with Crippen LogP contribution >= 0.6 is 0 Å². The molecule has 0 bridgehead atoms. The van der Waals surface area contributed by atoms with Crippen molar-refractivity contribution in [2.24, 2.45) is 0 Å². The first-order valence-corrected chi connectivity index (χ1v) is 9.36. The van der Waals surface area contributed by atoms with Crippen molar-refractivity contribution in [2.75, 3.05) is 20.2 Å². The highest BCUT2D eigenvalue weighted by Crippen LogP contribution is 2.28. The molecule has 1 atom stereocenters. The Balaban J connectivity index is 1.58. The summed E-state index contributed by atoms with van der Waals surface area (Å²) < 4.78 is 11.5. The molecule has 5 nitrogen and oxygen atoms in total. The zero-order valence-electron chi connectivity index (χ0n) is 15.4. The van der Waals surface area contributed by atoms with Gasteiger partial charge in [0.25, 0.3) is 0 Å². The van der Waals surface area contributed by atoms with E-state index in [4.69, 9.17) is 9.15 Å². The van der Waals surface area contributed by atoms with Crippen LogP contribution in [0.15, 0.2) is 65.1 Å². The second kappa shape index (κ2) is 7.84. The smallest absolute Gasteiger partial charge is 0.318 e. The van der Waals surface area contributed by atoms with Gasteiger partial charge in [-0.15, -0.1) is 0 Å². The second-order valence-electron chi connectivity index (χ2n) is 6.90. The van der Waals surface area contributed by atoms with Gasteiger partial charge in [-0.2, -0.15) is 0 Å². The van der Waals surface area contributed by atoms with Crippen molar-refractivity contribution in [3.63, 3.8) is 0 Å². The quantitative estimate of drug-likeness (QED) is 0.749. The van der Waals surface area contributed by atoms with Crippen molar-refractivity contribution < 1.29 is 13.9 Å². The summed E-state index contributed by atoms with van der Waals surface area (Å²) in [6, 6.07) is 19.4. The molecule has 4 rings (SSSR count). The third kappa shape index (κ3) is 3.83. The van der Waals surface area contributed by atoms with Crippen LogP contribution in [-0.4, -0.2) is 37.2 Å². The number of methoxy groups -OCH3 is 1. The van der Waals surface area contributed by atoms with Crippen LogP contribution in [0.1, 0.15) is 30.2 Å². The van der Waals surface area contributed by atoms with Crippen molar-refractivity contribution in [3.8, 4) is 0 Å². The molecule has 5 heteroatoms. The molecule has 0 aliphatic carbocycles. The van der Waals surface area contributed by atoms with Crippen molar-refractivity contribution in [1.82, 2.24) is 10.2 Å². The summed E-state index contributed by atoms with van der Waals surface area (Å²) in [6.07, 6.45) is 1.98. The van der Waals surface area contributed by atoms with Crippen molar-refractivity contribution in [3.05, 3.63) is 72.0 Å². The van der Waals surface area contributed by atoms with Crippen LogP contribution in [0.3, 0.4) is 0 Å². The molecule has 140 valence electrons. The van der Waals surface area contributed by atoms with Gasteiger partial charge >= 0.3 is 6.03 Å². The third-order valence-corrected chi connectivity index (χ3v) is 5.19. The van der Waals surface area contributed by atoms with E-state index < -0.39 is 0 Å². The van der Waals surface area contributed by atoms with E-state index in [1.165, 1.54) is 0 Å². The summed E-state index contributed by atoms with van der Waals surface area (Å²) >= 11 is 0. The van der Waals surface area contributed by atoms with Gasteiger partial charge in [0.2, 0.25) is 0 Å². The number of hydrogen-bond acceptors (Lipinski definition) is 3. The highest BCUT2D eigenvalue weighted by Gasteiger charge is 2.26. The van der Waals surface area contributed by atoms with Crippen molar-refractivity contribution in [1.29, 1.82) is 0 Å². The lowest BCUT2D eigenvalue weighted by Crippen LogP contribution is -2.46. The van der Waals surface area contributed by atoms with Crippen LogP contribution in [-0.2, 0) is 4.74 Å². The molecule has 1 aromatic heterocycles. The largest absolute Gasteiger partial charge is 0.459 e. The number of fused-ring (bicyclic) bond motifs is 1. The molecule has 27 heavy (non-hydrogen) atoms. The molecule has 1 unspecified atom stereocenters. The average Bonchev–Trinajstić information content (AvgIpc) is 3.16. The Morgan fingerprint density at radius 1 is 1.11 bits per heavy atom. The first-order valence-electron chi connectivity index (χ1n) is 9.36. The summed E-state index contributed by atoms with van der Waals surface area (Å²) in [5.41, 5.74) is 1.82. The second-order valence-corrected chi connectivity index (χ2v) is 6.90. The number of carbonyl (C=O) groups is 1. The number of nitrogens with zero attached hydrogens (tertiary/aromatic N) is 1. The SMILES string of the molecule is COC1CCN(C(=O)NC(c2ccccc2)c2cc3ccccc3o2)CC1. The molecular weight excluding hydrogens is 340 g/mol. The number of piperidine rings is 1. The number of likely N-dealkylation sites (tertiary alicyclic amines) is 1. The van der Waals surface area contributed by atoms with Crippen LogP contribution in [0.4, 0.5) is 4.79 Å². The normalized spacial score (nSPS) is 16.4. The molecule has 1 N–H and O–H groups in total. The molecule has 1 aliphatic heterocycles.